The topological polar surface area (TPSA) is 56.7 Å². The molecule has 0 aliphatic rings. The van der Waals surface area contributed by atoms with Gasteiger partial charge in [-0.3, -0.25) is 5.43 Å². The van der Waals surface area contributed by atoms with E-state index >= 15 is 0 Å². The molecule has 0 saturated heterocycles. The van der Waals surface area contributed by atoms with Crippen LogP contribution in [-0.2, 0) is 0 Å². The van der Waals surface area contributed by atoms with Crippen molar-refractivity contribution in [3.05, 3.63) is 54.1 Å². The van der Waals surface area contributed by atoms with Crippen LogP contribution in [-0.4, -0.2) is 21.7 Å². The Kier molecular flexibility index (Phi) is 6.51. The Labute approximate surface area is 148 Å². The Morgan fingerprint density at radius 3 is 2.33 bits per heavy atom. The van der Waals surface area contributed by atoms with Crippen LogP contribution in [0.2, 0.25) is 0 Å². The van der Waals surface area contributed by atoms with Crippen LogP contribution < -0.4 is 10.7 Å². The molecular formula is C16H15F2N3OS2. The minimum Gasteiger partial charge on any atom is -0.508 e. The minimum absolute atomic E-state index is 0.185. The number of alkyl halides is 2. The van der Waals surface area contributed by atoms with E-state index in [2.05, 4.69) is 15.8 Å². The molecule has 0 amide bonds. The quantitative estimate of drug-likeness (QED) is 0.316. The maximum Gasteiger partial charge on any atom is 0.288 e. The van der Waals surface area contributed by atoms with Crippen LogP contribution in [0, 0.1) is 0 Å². The van der Waals surface area contributed by atoms with E-state index in [-0.39, 0.29) is 10.9 Å². The SMILES string of the molecule is C/C(=N\NC(=S)Nc1ccc(SC(F)F)cc1)c1ccc(O)cc1. The molecule has 2 rings (SSSR count). The predicted octanol–water partition coefficient (Wildman–Crippen LogP) is 4.42. The number of phenolic OH excluding ortho intramolecular Hbond substituents is 1. The molecule has 0 fully saturated rings. The van der Waals surface area contributed by atoms with E-state index in [9.17, 15) is 13.9 Å². The van der Waals surface area contributed by atoms with Crippen molar-refractivity contribution in [1.29, 1.82) is 0 Å². The van der Waals surface area contributed by atoms with Gasteiger partial charge in [0, 0.05) is 10.6 Å². The highest BCUT2D eigenvalue weighted by molar-refractivity contribution is 7.99. The number of phenols is 1. The Bertz CT molecular complexity index is 719. The molecule has 0 aliphatic carbocycles. The molecule has 126 valence electrons. The van der Waals surface area contributed by atoms with Crippen LogP contribution in [0.15, 0.2) is 58.5 Å². The molecule has 24 heavy (non-hydrogen) atoms. The van der Waals surface area contributed by atoms with Crippen LogP contribution in [0.25, 0.3) is 0 Å². The molecule has 0 radical (unpaired) electrons. The number of nitrogens with zero attached hydrogens (tertiary/aromatic N) is 1. The Hall–Kier alpha value is -2.19. The Morgan fingerprint density at radius 2 is 1.75 bits per heavy atom. The largest absolute Gasteiger partial charge is 0.508 e. The van der Waals surface area contributed by atoms with Crippen LogP contribution in [0.5, 0.6) is 5.75 Å². The second-order valence-corrected chi connectivity index (χ2v) is 6.18. The van der Waals surface area contributed by atoms with Crippen LogP contribution in [0.3, 0.4) is 0 Å². The number of halogens is 2. The van der Waals surface area contributed by atoms with E-state index < -0.39 is 5.76 Å². The minimum atomic E-state index is -2.44. The standard InChI is InChI=1S/C16H15F2N3OS2/c1-10(11-2-6-13(22)7-3-11)20-21-16(23)19-12-4-8-14(9-5-12)24-15(17)18/h2-9,15,22H,1H3,(H2,19,21,23)/b20-10+. The van der Waals surface area contributed by atoms with Crippen molar-refractivity contribution in [2.45, 2.75) is 17.6 Å². The molecule has 0 spiro atoms. The number of hydrogen-bond acceptors (Lipinski definition) is 4. The summed E-state index contributed by atoms with van der Waals surface area (Å²) in [5.41, 5.74) is 4.92. The Morgan fingerprint density at radius 1 is 1.12 bits per heavy atom. The lowest BCUT2D eigenvalue weighted by Crippen LogP contribution is -2.24. The van der Waals surface area contributed by atoms with Crippen LogP contribution in [0.4, 0.5) is 14.5 Å². The highest BCUT2D eigenvalue weighted by Crippen LogP contribution is 2.26. The van der Waals surface area contributed by atoms with Crippen molar-refractivity contribution in [3.63, 3.8) is 0 Å². The van der Waals surface area contributed by atoms with Gasteiger partial charge in [-0.2, -0.15) is 13.9 Å². The number of benzene rings is 2. The monoisotopic (exact) mass is 367 g/mol. The number of hydrazone groups is 1. The number of nitrogens with one attached hydrogen (secondary N) is 2. The molecule has 2 aromatic rings. The molecule has 8 heteroatoms. The average Bonchev–Trinajstić information content (AvgIpc) is 2.54. The lowest BCUT2D eigenvalue weighted by Gasteiger charge is -2.09. The van der Waals surface area contributed by atoms with Gasteiger partial charge in [0.05, 0.1) is 5.71 Å². The maximum absolute atomic E-state index is 12.3. The van der Waals surface area contributed by atoms with Gasteiger partial charge in [-0.25, -0.2) is 0 Å². The first-order valence-electron chi connectivity index (χ1n) is 6.89. The number of aromatic hydroxyl groups is 1. The molecule has 0 atom stereocenters. The number of rotatable bonds is 5. The lowest BCUT2D eigenvalue weighted by atomic mass is 10.1. The van der Waals surface area contributed by atoms with Gasteiger partial charge in [0.2, 0.25) is 0 Å². The summed E-state index contributed by atoms with van der Waals surface area (Å²) in [4.78, 5) is 0.482. The summed E-state index contributed by atoms with van der Waals surface area (Å²) in [6, 6.07) is 13.1. The summed E-state index contributed by atoms with van der Waals surface area (Å²) in [7, 11) is 0. The van der Waals surface area contributed by atoms with Gasteiger partial charge in [0.25, 0.3) is 5.76 Å². The number of hydrogen-bond donors (Lipinski definition) is 3. The third kappa shape index (κ3) is 5.78. The summed E-state index contributed by atoms with van der Waals surface area (Å²) in [6.45, 7) is 1.80. The molecule has 4 nitrogen and oxygen atoms in total. The molecule has 3 N–H and O–H groups in total. The van der Waals surface area contributed by atoms with Crippen molar-refractivity contribution in [1.82, 2.24) is 5.43 Å². The molecule has 0 saturated carbocycles. The molecular weight excluding hydrogens is 352 g/mol. The van der Waals surface area contributed by atoms with E-state index in [0.717, 1.165) is 5.56 Å². The third-order valence-electron chi connectivity index (χ3n) is 2.95. The summed E-state index contributed by atoms with van der Waals surface area (Å²) in [5.74, 6) is -2.26. The van der Waals surface area contributed by atoms with Gasteiger partial charge >= 0.3 is 0 Å². The predicted molar refractivity (Wildman–Crippen MR) is 98.0 cm³/mol. The summed E-state index contributed by atoms with van der Waals surface area (Å²) < 4.78 is 24.5. The molecule has 0 aromatic heterocycles. The first-order valence-corrected chi connectivity index (χ1v) is 8.18. The van der Waals surface area contributed by atoms with Crippen molar-refractivity contribution in [2.24, 2.45) is 5.10 Å². The fourth-order valence-corrected chi connectivity index (χ4v) is 2.44. The third-order valence-corrected chi connectivity index (χ3v) is 3.86. The molecule has 0 bridgehead atoms. The van der Waals surface area contributed by atoms with E-state index in [1.807, 2.05) is 0 Å². The normalized spacial score (nSPS) is 11.4. The molecule has 2 aromatic carbocycles. The van der Waals surface area contributed by atoms with Crippen molar-refractivity contribution in [2.75, 3.05) is 5.32 Å². The second-order valence-electron chi connectivity index (χ2n) is 4.71. The van der Waals surface area contributed by atoms with Crippen molar-refractivity contribution in [3.8, 4) is 5.75 Å². The van der Waals surface area contributed by atoms with E-state index in [4.69, 9.17) is 12.2 Å². The highest BCUT2D eigenvalue weighted by atomic mass is 32.2. The smallest absolute Gasteiger partial charge is 0.288 e. The van der Waals surface area contributed by atoms with Gasteiger partial charge < -0.3 is 10.4 Å². The molecule has 0 unspecified atom stereocenters. The van der Waals surface area contributed by atoms with Gasteiger partial charge in [-0.05, 0) is 73.2 Å². The summed E-state index contributed by atoms with van der Waals surface area (Å²) in [6.07, 6.45) is 0. The van der Waals surface area contributed by atoms with Crippen molar-refractivity contribution < 1.29 is 13.9 Å². The second kappa shape index (κ2) is 8.60. The first-order chi connectivity index (χ1) is 11.4. The van der Waals surface area contributed by atoms with E-state index in [1.165, 1.54) is 0 Å². The van der Waals surface area contributed by atoms with Gasteiger partial charge in [-0.1, -0.05) is 11.8 Å². The Balaban J connectivity index is 1.90. The lowest BCUT2D eigenvalue weighted by molar-refractivity contribution is 0.252. The average molecular weight is 367 g/mol. The molecule has 0 heterocycles. The van der Waals surface area contributed by atoms with Gasteiger partial charge in [0.1, 0.15) is 5.75 Å². The van der Waals surface area contributed by atoms with Crippen LogP contribution >= 0.6 is 24.0 Å². The zero-order chi connectivity index (χ0) is 17.5. The summed E-state index contributed by atoms with van der Waals surface area (Å²) >= 11 is 5.62. The number of thioether (sulfide) groups is 1. The number of anilines is 1. The zero-order valence-electron chi connectivity index (χ0n) is 12.7. The number of thiocarbonyl (C=S) groups is 1. The first kappa shape index (κ1) is 18.2. The van der Waals surface area contributed by atoms with Crippen molar-refractivity contribution >= 4 is 40.5 Å². The van der Waals surface area contributed by atoms with E-state index in [1.54, 1.807) is 55.5 Å². The maximum atomic E-state index is 12.3. The van der Waals surface area contributed by atoms with Gasteiger partial charge in [0.15, 0.2) is 5.11 Å². The highest BCUT2D eigenvalue weighted by Gasteiger charge is 2.05. The fourth-order valence-electron chi connectivity index (χ4n) is 1.78. The fraction of sp³-hybridized carbons (Fsp3) is 0.125. The zero-order valence-corrected chi connectivity index (χ0v) is 14.3. The van der Waals surface area contributed by atoms with E-state index in [0.29, 0.717) is 28.1 Å². The summed E-state index contributed by atoms with van der Waals surface area (Å²) in [5, 5.41) is 16.6. The van der Waals surface area contributed by atoms with Crippen LogP contribution in [0.1, 0.15) is 12.5 Å². The van der Waals surface area contributed by atoms with Gasteiger partial charge in [-0.15, -0.1) is 0 Å². The molecule has 0 aliphatic heterocycles.